The standard InChI is InChI=1S/C18H15N3O2/c1-13-11-19-12-17(13)18(22)23-16-9-7-15(8-10-16)21-20-14-5-3-2-4-6-14/h2-12,19H,1H3. The van der Waals surface area contributed by atoms with Crippen molar-refractivity contribution in [2.45, 2.75) is 6.92 Å². The topological polar surface area (TPSA) is 66.8 Å². The lowest BCUT2D eigenvalue weighted by Crippen LogP contribution is -2.08. The van der Waals surface area contributed by atoms with Crippen molar-refractivity contribution in [3.05, 3.63) is 78.1 Å². The fraction of sp³-hybridized carbons (Fsp3) is 0.0556. The Hall–Kier alpha value is -3.21. The minimum Gasteiger partial charge on any atom is -0.423 e. The van der Waals surface area contributed by atoms with Gasteiger partial charge in [0, 0.05) is 12.4 Å². The van der Waals surface area contributed by atoms with Crippen LogP contribution < -0.4 is 4.74 Å². The van der Waals surface area contributed by atoms with Gasteiger partial charge in [0.05, 0.1) is 16.9 Å². The Kier molecular flexibility index (Phi) is 4.29. The molecule has 5 nitrogen and oxygen atoms in total. The van der Waals surface area contributed by atoms with Crippen LogP contribution in [0, 0.1) is 6.92 Å². The molecule has 0 saturated carbocycles. The molecule has 1 N–H and O–H groups in total. The molecule has 0 aliphatic rings. The molecule has 1 aromatic heterocycles. The molecule has 3 aromatic rings. The van der Waals surface area contributed by atoms with Crippen molar-refractivity contribution in [2.75, 3.05) is 0 Å². The highest BCUT2D eigenvalue weighted by Crippen LogP contribution is 2.22. The quantitative estimate of drug-likeness (QED) is 0.420. The third kappa shape index (κ3) is 3.71. The molecule has 0 amide bonds. The summed E-state index contributed by atoms with van der Waals surface area (Å²) < 4.78 is 5.33. The molecule has 114 valence electrons. The number of aryl methyl sites for hydroxylation is 1. The molecular weight excluding hydrogens is 290 g/mol. The summed E-state index contributed by atoms with van der Waals surface area (Å²) in [5.41, 5.74) is 2.85. The number of carbonyl (C=O) groups is 1. The van der Waals surface area contributed by atoms with E-state index in [1.165, 1.54) is 0 Å². The van der Waals surface area contributed by atoms with Gasteiger partial charge in [-0.3, -0.25) is 0 Å². The Morgan fingerprint density at radius 2 is 1.57 bits per heavy atom. The molecule has 0 spiro atoms. The fourth-order valence-corrected chi connectivity index (χ4v) is 2.01. The van der Waals surface area contributed by atoms with Gasteiger partial charge in [0.25, 0.3) is 0 Å². The van der Waals surface area contributed by atoms with Crippen molar-refractivity contribution >= 4 is 17.3 Å². The Balaban J connectivity index is 1.67. The zero-order valence-corrected chi connectivity index (χ0v) is 12.6. The van der Waals surface area contributed by atoms with Crippen LogP contribution in [0.5, 0.6) is 5.75 Å². The first kappa shape index (κ1) is 14.7. The Morgan fingerprint density at radius 3 is 2.17 bits per heavy atom. The summed E-state index contributed by atoms with van der Waals surface area (Å²) in [7, 11) is 0. The van der Waals surface area contributed by atoms with Gasteiger partial charge in [-0.1, -0.05) is 18.2 Å². The van der Waals surface area contributed by atoms with E-state index in [2.05, 4.69) is 15.2 Å². The molecule has 0 radical (unpaired) electrons. The van der Waals surface area contributed by atoms with Gasteiger partial charge in [0.2, 0.25) is 0 Å². The van der Waals surface area contributed by atoms with Crippen LogP contribution >= 0.6 is 0 Å². The SMILES string of the molecule is Cc1c[nH]cc1C(=O)Oc1ccc(N=Nc2ccccc2)cc1. The van der Waals surface area contributed by atoms with E-state index in [9.17, 15) is 4.79 Å². The second-order valence-corrected chi connectivity index (χ2v) is 4.97. The minimum atomic E-state index is -0.387. The maximum absolute atomic E-state index is 12.0. The molecule has 0 saturated heterocycles. The number of ether oxygens (including phenoxy) is 1. The number of H-pyrrole nitrogens is 1. The van der Waals surface area contributed by atoms with Crippen LogP contribution in [0.1, 0.15) is 15.9 Å². The maximum atomic E-state index is 12.0. The van der Waals surface area contributed by atoms with Gasteiger partial charge in [-0.2, -0.15) is 10.2 Å². The molecule has 0 fully saturated rings. The summed E-state index contributed by atoms with van der Waals surface area (Å²) in [5, 5.41) is 8.27. The van der Waals surface area contributed by atoms with Gasteiger partial charge in [-0.25, -0.2) is 4.79 Å². The number of hydrogen-bond acceptors (Lipinski definition) is 4. The lowest BCUT2D eigenvalue weighted by atomic mass is 10.2. The minimum absolute atomic E-state index is 0.387. The van der Waals surface area contributed by atoms with Gasteiger partial charge in [0.15, 0.2) is 0 Å². The second-order valence-electron chi connectivity index (χ2n) is 4.97. The van der Waals surface area contributed by atoms with E-state index in [0.29, 0.717) is 17.0 Å². The Morgan fingerprint density at radius 1 is 0.913 bits per heavy atom. The monoisotopic (exact) mass is 305 g/mol. The molecule has 0 bridgehead atoms. The van der Waals surface area contributed by atoms with Crippen molar-refractivity contribution in [3.63, 3.8) is 0 Å². The molecule has 2 aromatic carbocycles. The highest BCUT2D eigenvalue weighted by atomic mass is 16.5. The number of carbonyl (C=O) groups excluding carboxylic acids is 1. The molecule has 0 unspecified atom stereocenters. The molecule has 23 heavy (non-hydrogen) atoms. The number of nitrogens with zero attached hydrogens (tertiary/aromatic N) is 2. The fourth-order valence-electron chi connectivity index (χ4n) is 2.01. The molecular formula is C18H15N3O2. The van der Waals surface area contributed by atoms with Crippen LogP contribution in [-0.4, -0.2) is 11.0 Å². The average Bonchev–Trinajstić information content (AvgIpc) is 3.01. The third-order valence-corrected chi connectivity index (χ3v) is 3.26. The molecule has 3 rings (SSSR count). The lowest BCUT2D eigenvalue weighted by molar-refractivity contribution is 0.0734. The van der Waals surface area contributed by atoms with Crippen LogP contribution in [0.3, 0.4) is 0 Å². The van der Waals surface area contributed by atoms with Gasteiger partial charge in [0.1, 0.15) is 5.75 Å². The van der Waals surface area contributed by atoms with E-state index in [1.807, 2.05) is 37.3 Å². The zero-order valence-electron chi connectivity index (χ0n) is 12.6. The summed E-state index contributed by atoms with van der Waals surface area (Å²) in [6, 6.07) is 16.4. The normalized spacial score (nSPS) is 10.8. The third-order valence-electron chi connectivity index (χ3n) is 3.26. The maximum Gasteiger partial charge on any atom is 0.345 e. The van der Waals surface area contributed by atoms with Gasteiger partial charge >= 0.3 is 5.97 Å². The van der Waals surface area contributed by atoms with Gasteiger partial charge < -0.3 is 9.72 Å². The van der Waals surface area contributed by atoms with Gasteiger partial charge in [-0.15, -0.1) is 0 Å². The molecule has 0 aliphatic heterocycles. The van der Waals surface area contributed by atoms with Crippen LogP contribution in [0.4, 0.5) is 11.4 Å². The van der Waals surface area contributed by atoms with Gasteiger partial charge in [-0.05, 0) is 48.9 Å². The highest BCUT2D eigenvalue weighted by molar-refractivity contribution is 5.92. The second kappa shape index (κ2) is 6.70. The van der Waals surface area contributed by atoms with Crippen molar-refractivity contribution in [1.82, 2.24) is 4.98 Å². The first-order valence-electron chi connectivity index (χ1n) is 7.15. The van der Waals surface area contributed by atoms with Crippen LogP contribution in [0.15, 0.2) is 77.2 Å². The van der Waals surface area contributed by atoms with Crippen molar-refractivity contribution < 1.29 is 9.53 Å². The molecule has 5 heteroatoms. The van der Waals surface area contributed by atoms with Crippen LogP contribution in [0.2, 0.25) is 0 Å². The smallest absolute Gasteiger partial charge is 0.345 e. The largest absolute Gasteiger partial charge is 0.423 e. The Bertz CT molecular complexity index is 821. The summed E-state index contributed by atoms with van der Waals surface area (Å²) >= 11 is 0. The lowest BCUT2D eigenvalue weighted by Gasteiger charge is -2.03. The predicted octanol–water partition coefficient (Wildman–Crippen LogP) is 4.96. The predicted molar refractivity (Wildman–Crippen MR) is 87.5 cm³/mol. The number of nitrogens with one attached hydrogen (secondary N) is 1. The Labute approximate surface area is 133 Å². The first-order chi connectivity index (χ1) is 11.2. The highest BCUT2D eigenvalue weighted by Gasteiger charge is 2.12. The summed E-state index contributed by atoms with van der Waals surface area (Å²) in [6.45, 7) is 1.85. The molecule has 0 aliphatic carbocycles. The van der Waals surface area contributed by atoms with Crippen LogP contribution in [-0.2, 0) is 0 Å². The summed E-state index contributed by atoms with van der Waals surface area (Å²) in [4.78, 5) is 14.9. The number of benzene rings is 2. The average molecular weight is 305 g/mol. The number of aromatic nitrogens is 1. The summed E-state index contributed by atoms with van der Waals surface area (Å²) in [5.74, 6) is 0.0803. The zero-order chi connectivity index (χ0) is 16.1. The van der Waals surface area contributed by atoms with Crippen molar-refractivity contribution in [1.29, 1.82) is 0 Å². The van der Waals surface area contributed by atoms with Crippen molar-refractivity contribution in [3.8, 4) is 5.75 Å². The summed E-state index contributed by atoms with van der Waals surface area (Å²) in [6.07, 6.45) is 3.38. The van der Waals surface area contributed by atoms with E-state index in [0.717, 1.165) is 11.3 Å². The van der Waals surface area contributed by atoms with E-state index in [4.69, 9.17) is 4.74 Å². The van der Waals surface area contributed by atoms with E-state index >= 15 is 0 Å². The number of rotatable bonds is 4. The molecule has 0 atom stereocenters. The number of aromatic amines is 1. The number of azo groups is 1. The number of esters is 1. The van der Waals surface area contributed by atoms with E-state index < -0.39 is 0 Å². The van der Waals surface area contributed by atoms with Crippen molar-refractivity contribution in [2.24, 2.45) is 10.2 Å². The molecule has 1 heterocycles. The first-order valence-corrected chi connectivity index (χ1v) is 7.15. The van der Waals surface area contributed by atoms with Crippen LogP contribution in [0.25, 0.3) is 0 Å². The number of hydrogen-bond donors (Lipinski definition) is 1. The van der Waals surface area contributed by atoms with E-state index in [-0.39, 0.29) is 5.97 Å². The van der Waals surface area contributed by atoms with E-state index in [1.54, 1.807) is 36.7 Å².